The maximum absolute atomic E-state index is 14.0. The van der Waals surface area contributed by atoms with Crippen molar-refractivity contribution in [2.24, 2.45) is 7.05 Å². The first kappa shape index (κ1) is 16.5. The molecule has 0 saturated heterocycles. The van der Waals surface area contributed by atoms with E-state index in [4.69, 9.17) is 4.42 Å². The minimum absolute atomic E-state index is 0.316. The summed E-state index contributed by atoms with van der Waals surface area (Å²) in [4.78, 5) is 4.50. The zero-order chi connectivity index (χ0) is 17.9. The number of halogens is 1. The van der Waals surface area contributed by atoms with Crippen molar-refractivity contribution in [3.05, 3.63) is 72.4 Å². The van der Waals surface area contributed by atoms with Crippen LogP contribution in [0.3, 0.4) is 0 Å². The summed E-state index contributed by atoms with van der Waals surface area (Å²) in [6, 6.07) is 16.3. The molecule has 0 aliphatic carbocycles. The first-order chi connectivity index (χ1) is 12.7. The lowest BCUT2D eigenvalue weighted by atomic mass is 10.2. The Kier molecular flexibility index (Phi) is 4.53. The Labute approximate surface area is 153 Å². The molecule has 0 spiro atoms. The quantitative estimate of drug-likeness (QED) is 0.484. The third-order valence-corrected chi connectivity index (χ3v) is 4.93. The normalized spacial score (nSPS) is 11.0. The molecule has 0 unspecified atom stereocenters. The Bertz CT molecular complexity index is 1030. The van der Waals surface area contributed by atoms with Crippen LogP contribution in [0, 0.1) is 5.82 Å². The van der Waals surface area contributed by atoms with Gasteiger partial charge in [-0.25, -0.2) is 9.37 Å². The predicted octanol–water partition coefficient (Wildman–Crippen LogP) is 4.57. The molecule has 0 saturated carbocycles. The summed E-state index contributed by atoms with van der Waals surface area (Å²) in [5.41, 5.74) is 2.18. The number of benzene rings is 2. The third kappa shape index (κ3) is 3.25. The van der Waals surface area contributed by atoms with E-state index in [2.05, 4.69) is 15.2 Å². The van der Waals surface area contributed by atoms with Gasteiger partial charge in [-0.15, -0.1) is 10.2 Å². The van der Waals surface area contributed by atoms with E-state index in [1.54, 1.807) is 29.0 Å². The fourth-order valence-corrected chi connectivity index (χ4v) is 3.33. The van der Waals surface area contributed by atoms with Gasteiger partial charge in [-0.2, -0.15) is 0 Å². The molecule has 26 heavy (non-hydrogen) atoms. The first-order valence-electron chi connectivity index (χ1n) is 7.99. The molecule has 2 aromatic carbocycles. The Balaban J connectivity index is 1.50. The van der Waals surface area contributed by atoms with E-state index in [1.165, 1.54) is 17.8 Å². The van der Waals surface area contributed by atoms with Crippen LogP contribution >= 0.6 is 11.8 Å². The fourth-order valence-electron chi connectivity index (χ4n) is 2.54. The molecule has 0 bridgehead atoms. The fraction of sp³-hybridized carbons (Fsp3) is 0.105. The van der Waals surface area contributed by atoms with Crippen molar-refractivity contribution < 1.29 is 8.81 Å². The lowest BCUT2D eigenvalue weighted by Gasteiger charge is -2.04. The maximum atomic E-state index is 14.0. The van der Waals surface area contributed by atoms with Crippen LogP contribution in [-0.2, 0) is 12.8 Å². The summed E-state index contributed by atoms with van der Waals surface area (Å²) in [5.74, 6) is 1.35. The standard InChI is InChI=1S/C19H15FN4OS/c1-24-17(15-9-5-6-10-16(15)20)22-23-19(24)26-12-14-11-25-18(21-14)13-7-3-2-4-8-13/h2-11H,12H2,1H3. The molecule has 2 aromatic heterocycles. The van der Waals surface area contributed by atoms with E-state index in [9.17, 15) is 4.39 Å². The van der Waals surface area contributed by atoms with Gasteiger partial charge in [-0.3, -0.25) is 0 Å². The highest BCUT2D eigenvalue weighted by molar-refractivity contribution is 7.98. The molecule has 0 atom stereocenters. The van der Waals surface area contributed by atoms with Crippen LogP contribution in [0.1, 0.15) is 5.69 Å². The van der Waals surface area contributed by atoms with Crippen LogP contribution in [0.5, 0.6) is 0 Å². The van der Waals surface area contributed by atoms with E-state index < -0.39 is 0 Å². The van der Waals surface area contributed by atoms with E-state index in [1.807, 2.05) is 37.4 Å². The van der Waals surface area contributed by atoms with E-state index in [-0.39, 0.29) is 5.82 Å². The maximum Gasteiger partial charge on any atom is 0.226 e. The number of hydrogen-bond donors (Lipinski definition) is 0. The van der Waals surface area contributed by atoms with Gasteiger partial charge < -0.3 is 8.98 Å². The lowest BCUT2D eigenvalue weighted by molar-refractivity contribution is 0.573. The molecular formula is C19H15FN4OS. The molecule has 0 fully saturated rings. The Morgan fingerprint density at radius 3 is 2.62 bits per heavy atom. The molecular weight excluding hydrogens is 351 g/mol. The molecule has 0 radical (unpaired) electrons. The van der Waals surface area contributed by atoms with Gasteiger partial charge in [0.05, 0.1) is 11.3 Å². The van der Waals surface area contributed by atoms with E-state index in [0.29, 0.717) is 28.2 Å². The highest BCUT2D eigenvalue weighted by atomic mass is 32.2. The number of oxazole rings is 1. The summed E-state index contributed by atoms with van der Waals surface area (Å²) in [7, 11) is 1.82. The second kappa shape index (κ2) is 7.13. The second-order valence-corrected chi connectivity index (χ2v) is 6.59. The second-order valence-electron chi connectivity index (χ2n) is 5.64. The number of nitrogens with zero attached hydrogens (tertiary/aromatic N) is 4. The van der Waals surface area contributed by atoms with Gasteiger partial charge in [0.15, 0.2) is 11.0 Å². The molecule has 0 amide bonds. The van der Waals surface area contributed by atoms with Gasteiger partial charge in [0.25, 0.3) is 0 Å². The van der Waals surface area contributed by atoms with Crippen molar-refractivity contribution in [1.29, 1.82) is 0 Å². The van der Waals surface area contributed by atoms with Crippen LogP contribution in [0.4, 0.5) is 4.39 Å². The van der Waals surface area contributed by atoms with Gasteiger partial charge >= 0.3 is 0 Å². The van der Waals surface area contributed by atoms with Crippen molar-refractivity contribution >= 4 is 11.8 Å². The molecule has 2 heterocycles. The average molecular weight is 366 g/mol. The number of aromatic nitrogens is 4. The smallest absolute Gasteiger partial charge is 0.226 e. The molecule has 130 valence electrons. The van der Waals surface area contributed by atoms with Crippen LogP contribution in [0.2, 0.25) is 0 Å². The van der Waals surface area contributed by atoms with Crippen LogP contribution in [0.15, 0.2) is 70.4 Å². The van der Waals surface area contributed by atoms with Crippen LogP contribution in [0.25, 0.3) is 22.8 Å². The summed E-state index contributed by atoms with van der Waals surface area (Å²) in [5, 5.41) is 8.97. The molecule has 4 rings (SSSR count). The number of thioether (sulfide) groups is 1. The summed E-state index contributed by atoms with van der Waals surface area (Å²) < 4.78 is 21.3. The summed E-state index contributed by atoms with van der Waals surface area (Å²) in [6.07, 6.45) is 1.64. The Hall–Kier alpha value is -2.93. The molecule has 0 N–H and O–H groups in total. The number of hydrogen-bond acceptors (Lipinski definition) is 5. The van der Waals surface area contributed by atoms with Gasteiger partial charge in [0, 0.05) is 18.4 Å². The first-order valence-corrected chi connectivity index (χ1v) is 8.98. The average Bonchev–Trinajstić information content (AvgIpc) is 3.28. The summed E-state index contributed by atoms with van der Waals surface area (Å²) >= 11 is 1.47. The van der Waals surface area contributed by atoms with Crippen LogP contribution in [-0.4, -0.2) is 19.7 Å². The zero-order valence-corrected chi connectivity index (χ0v) is 14.8. The highest BCUT2D eigenvalue weighted by Crippen LogP contribution is 2.27. The van der Waals surface area contributed by atoms with Crippen molar-refractivity contribution in [3.63, 3.8) is 0 Å². The molecule has 7 heteroatoms. The van der Waals surface area contributed by atoms with Gasteiger partial charge in [-0.05, 0) is 24.3 Å². The highest BCUT2D eigenvalue weighted by Gasteiger charge is 2.15. The van der Waals surface area contributed by atoms with Crippen molar-refractivity contribution in [2.45, 2.75) is 10.9 Å². The molecule has 0 aliphatic heterocycles. The zero-order valence-electron chi connectivity index (χ0n) is 14.0. The third-order valence-electron chi connectivity index (χ3n) is 3.87. The number of rotatable bonds is 5. The molecule has 4 aromatic rings. The molecule has 5 nitrogen and oxygen atoms in total. The summed E-state index contributed by atoms with van der Waals surface area (Å²) in [6.45, 7) is 0. The topological polar surface area (TPSA) is 56.7 Å². The van der Waals surface area contributed by atoms with Crippen molar-refractivity contribution in [1.82, 2.24) is 19.7 Å². The predicted molar refractivity (Wildman–Crippen MR) is 97.9 cm³/mol. The Morgan fingerprint density at radius 2 is 1.81 bits per heavy atom. The van der Waals surface area contributed by atoms with Gasteiger partial charge in [0.1, 0.15) is 12.1 Å². The van der Waals surface area contributed by atoms with Crippen molar-refractivity contribution in [3.8, 4) is 22.8 Å². The van der Waals surface area contributed by atoms with Crippen LogP contribution < -0.4 is 0 Å². The van der Waals surface area contributed by atoms with Crippen molar-refractivity contribution in [2.75, 3.05) is 0 Å². The minimum Gasteiger partial charge on any atom is -0.444 e. The van der Waals surface area contributed by atoms with Gasteiger partial charge in [0.2, 0.25) is 5.89 Å². The largest absolute Gasteiger partial charge is 0.444 e. The Morgan fingerprint density at radius 1 is 1.04 bits per heavy atom. The molecule has 0 aliphatic rings. The monoisotopic (exact) mass is 366 g/mol. The van der Waals surface area contributed by atoms with Gasteiger partial charge in [-0.1, -0.05) is 42.1 Å². The lowest BCUT2D eigenvalue weighted by Crippen LogP contribution is -1.96. The SMILES string of the molecule is Cn1c(SCc2coc(-c3ccccc3)n2)nnc1-c1ccccc1F. The van der Waals surface area contributed by atoms with E-state index >= 15 is 0 Å². The minimum atomic E-state index is -0.316. The van der Waals surface area contributed by atoms with E-state index in [0.717, 1.165) is 11.3 Å².